The molecule has 4 aliphatic heterocycles. The molecule has 2 aromatic rings. The highest BCUT2D eigenvalue weighted by Gasteiger charge is 2.64. The molecule has 5 heterocycles. The lowest BCUT2D eigenvalue weighted by atomic mass is 9.87. The summed E-state index contributed by atoms with van der Waals surface area (Å²) in [5.74, 6) is -0.889. The molecule has 64 heavy (non-hydrogen) atoms. The molecule has 17 heteroatoms. The Bertz CT molecular complexity index is 2270. The third-order valence-electron chi connectivity index (χ3n) is 13.9. The van der Waals surface area contributed by atoms with Gasteiger partial charge in [0.25, 0.3) is 5.91 Å². The molecule has 16 nitrogen and oxygen atoms in total. The number of alkyl carbamates (subject to hydrolysis) is 1. The molecule has 4 amide bonds. The van der Waals surface area contributed by atoms with Crippen molar-refractivity contribution in [1.29, 1.82) is 0 Å². The van der Waals surface area contributed by atoms with Gasteiger partial charge in [-0.1, -0.05) is 31.9 Å². The van der Waals surface area contributed by atoms with Crippen LogP contribution in [0.4, 0.5) is 4.79 Å². The van der Waals surface area contributed by atoms with Crippen LogP contribution >= 0.6 is 0 Å². The van der Waals surface area contributed by atoms with Crippen LogP contribution < -0.4 is 24.8 Å². The standard InChI is InChI=1S/C47H66N6O10S/c1-6-35-39-33(34-27-32(15-16-36(34)48-35)61-24-12-21-52-22-25-60-26-23-52)17-18-46(62-39)29-38-40(54)50-47(42(56)51-64(58,59)45(5)19-20-45)28-31(47)13-10-8-7-9-11-14-37(41(55)53(38)30-46)49-43(57)63-44(2,3)4/h10,13,15-16,27,31,37-38H,6-9,11-12,14,17-26,28-30H2,1-5H3,(H,49,57)(H,50,54)(H,51,56)/b13-10-/t31?,37-,38-,46+,47+/m0/s1. The summed E-state index contributed by atoms with van der Waals surface area (Å²) in [7, 11) is -4.01. The van der Waals surface area contributed by atoms with Crippen molar-refractivity contribution in [3.8, 4) is 11.5 Å². The SMILES string of the molecule is CCc1nc2ccc(OCCCN3CCOCC3)cc2c2c1O[C@]1(CC2)C[C@H]2C(=O)N[C@]3(C(=O)NS(=O)(=O)C4(C)CC4)CC3/C=C\CCCCC[C@H](NC(=O)OC(C)(C)C)C(=O)N2C1. The Morgan fingerprint density at radius 1 is 1.06 bits per heavy atom. The fourth-order valence-corrected chi connectivity index (χ4v) is 11.0. The molecule has 2 saturated heterocycles. The predicted molar refractivity (Wildman–Crippen MR) is 239 cm³/mol. The Hall–Kier alpha value is -4.48. The topological polar surface area (TPSA) is 195 Å². The normalized spacial score (nSPS) is 28.9. The molecule has 1 aromatic heterocycles. The second-order valence-corrected chi connectivity index (χ2v) is 22.1. The second-order valence-electron chi connectivity index (χ2n) is 19.9. The molecule has 2 aliphatic carbocycles. The molecule has 0 radical (unpaired) electrons. The highest BCUT2D eigenvalue weighted by molar-refractivity contribution is 7.91. The summed E-state index contributed by atoms with van der Waals surface area (Å²) >= 11 is 0. The molecular formula is C47H66N6O10S. The predicted octanol–water partition coefficient (Wildman–Crippen LogP) is 4.85. The van der Waals surface area contributed by atoms with E-state index in [2.05, 4.69) is 20.3 Å². The van der Waals surface area contributed by atoms with Gasteiger partial charge in [-0.25, -0.2) is 18.2 Å². The Morgan fingerprint density at radius 2 is 1.84 bits per heavy atom. The van der Waals surface area contributed by atoms with Gasteiger partial charge in [0.2, 0.25) is 21.8 Å². The maximum Gasteiger partial charge on any atom is 0.408 e. The molecule has 1 aromatic carbocycles. The number of nitrogens with one attached hydrogen (secondary N) is 3. The number of allylic oxidation sites excluding steroid dienone is 1. The fourth-order valence-electron chi connectivity index (χ4n) is 9.66. The van der Waals surface area contributed by atoms with Crippen LogP contribution in [-0.4, -0.2) is 127 Å². The number of amides is 4. The Kier molecular flexibility index (Phi) is 13.0. The molecular weight excluding hydrogens is 841 g/mol. The van der Waals surface area contributed by atoms with E-state index in [1.54, 1.807) is 27.7 Å². The van der Waals surface area contributed by atoms with Gasteiger partial charge in [-0.3, -0.25) is 24.0 Å². The van der Waals surface area contributed by atoms with Gasteiger partial charge in [0.05, 0.1) is 42.3 Å². The summed E-state index contributed by atoms with van der Waals surface area (Å²) in [5, 5.41) is 6.72. The number of hydrogen-bond donors (Lipinski definition) is 3. The van der Waals surface area contributed by atoms with Crippen molar-refractivity contribution in [2.75, 3.05) is 46.0 Å². The van der Waals surface area contributed by atoms with Gasteiger partial charge < -0.3 is 34.5 Å². The average Bonchev–Trinajstić information content (AvgIpc) is 4.15. The minimum absolute atomic E-state index is 0.0403. The summed E-state index contributed by atoms with van der Waals surface area (Å²) in [5.41, 5.74) is -0.764. The minimum Gasteiger partial charge on any atom is -0.494 e. The van der Waals surface area contributed by atoms with E-state index in [9.17, 15) is 27.6 Å². The minimum atomic E-state index is -4.01. The maximum atomic E-state index is 14.9. The molecule has 1 unspecified atom stereocenters. The Balaban J connectivity index is 1.09. The number of carbonyl (C=O) groups is 4. The van der Waals surface area contributed by atoms with E-state index in [1.165, 1.54) is 4.90 Å². The van der Waals surface area contributed by atoms with Gasteiger partial charge in [-0.2, -0.15) is 0 Å². The lowest BCUT2D eigenvalue weighted by Crippen LogP contribution is -2.58. The molecule has 4 fully saturated rings. The number of sulfonamides is 1. The number of morpholine rings is 1. The number of aromatic nitrogens is 1. The van der Waals surface area contributed by atoms with Crippen molar-refractivity contribution >= 4 is 44.7 Å². The van der Waals surface area contributed by atoms with Gasteiger partial charge in [0, 0.05) is 42.9 Å². The number of benzene rings is 1. The number of rotatable bonds is 10. The van der Waals surface area contributed by atoms with E-state index < -0.39 is 73.3 Å². The number of aryl methyl sites for hydroxylation is 2. The third-order valence-corrected chi connectivity index (χ3v) is 16.0. The lowest BCUT2D eigenvalue weighted by molar-refractivity contribution is -0.141. The summed E-state index contributed by atoms with van der Waals surface area (Å²) in [4.78, 5) is 66.0. The molecule has 6 aliphatic rings. The van der Waals surface area contributed by atoms with Crippen molar-refractivity contribution in [2.24, 2.45) is 5.92 Å². The first-order valence-corrected chi connectivity index (χ1v) is 24.8. The molecule has 5 atom stereocenters. The number of carbonyl (C=O) groups excluding carboxylic acids is 4. The van der Waals surface area contributed by atoms with Crippen LogP contribution in [0.2, 0.25) is 0 Å². The first-order chi connectivity index (χ1) is 30.4. The fraction of sp³-hybridized carbons (Fsp3) is 0.681. The van der Waals surface area contributed by atoms with Crippen LogP contribution in [0.1, 0.15) is 117 Å². The van der Waals surface area contributed by atoms with Crippen LogP contribution in [-0.2, 0) is 46.7 Å². The Labute approximate surface area is 377 Å². The van der Waals surface area contributed by atoms with Crippen molar-refractivity contribution in [3.05, 3.63) is 41.6 Å². The number of fused-ring (bicyclic) bond motifs is 5. The molecule has 2 saturated carbocycles. The number of nitrogens with zero attached hydrogens (tertiary/aromatic N) is 3. The van der Waals surface area contributed by atoms with Crippen LogP contribution in [0.5, 0.6) is 11.5 Å². The number of ether oxygens (including phenoxy) is 4. The zero-order chi connectivity index (χ0) is 45.5. The van der Waals surface area contributed by atoms with E-state index >= 15 is 0 Å². The first kappa shape index (κ1) is 46.1. The van der Waals surface area contributed by atoms with Gasteiger partial charge in [0.15, 0.2) is 0 Å². The van der Waals surface area contributed by atoms with Gasteiger partial charge >= 0.3 is 6.09 Å². The first-order valence-electron chi connectivity index (χ1n) is 23.4. The molecule has 8 rings (SSSR count). The summed E-state index contributed by atoms with van der Waals surface area (Å²) in [6.45, 7) is 13.8. The van der Waals surface area contributed by atoms with Crippen LogP contribution in [0.25, 0.3) is 10.9 Å². The smallest absolute Gasteiger partial charge is 0.408 e. The largest absolute Gasteiger partial charge is 0.494 e. The molecule has 350 valence electrons. The van der Waals surface area contributed by atoms with E-state index in [0.29, 0.717) is 63.7 Å². The molecule has 3 N–H and O–H groups in total. The van der Waals surface area contributed by atoms with Crippen molar-refractivity contribution in [3.63, 3.8) is 0 Å². The van der Waals surface area contributed by atoms with Crippen molar-refractivity contribution in [1.82, 2.24) is 30.1 Å². The zero-order valence-electron chi connectivity index (χ0n) is 38.1. The molecule has 0 bridgehead atoms. The summed E-state index contributed by atoms with van der Waals surface area (Å²) in [6, 6.07) is 3.84. The second kappa shape index (κ2) is 18.1. The van der Waals surface area contributed by atoms with E-state index in [1.807, 2.05) is 37.3 Å². The molecule has 1 spiro atoms. The Morgan fingerprint density at radius 3 is 2.58 bits per heavy atom. The lowest BCUT2D eigenvalue weighted by Gasteiger charge is -2.37. The van der Waals surface area contributed by atoms with E-state index in [-0.39, 0.29) is 19.4 Å². The van der Waals surface area contributed by atoms with Gasteiger partial charge in [-0.15, -0.1) is 0 Å². The quantitative estimate of drug-likeness (QED) is 0.217. The highest BCUT2D eigenvalue weighted by Crippen LogP contribution is 2.49. The summed E-state index contributed by atoms with van der Waals surface area (Å²) < 4.78 is 52.3. The van der Waals surface area contributed by atoms with Crippen LogP contribution in [0.3, 0.4) is 0 Å². The van der Waals surface area contributed by atoms with E-state index in [4.69, 9.17) is 23.9 Å². The van der Waals surface area contributed by atoms with Crippen LogP contribution in [0, 0.1) is 5.92 Å². The monoisotopic (exact) mass is 906 g/mol. The third kappa shape index (κ3) is 9.86. The number of pyridine rings is 1. The average molecular weight is 907 g/mol. The highest BCUT2D eigenvalue weighted by atomic mass is 32.2. The van der Waals surface area contributed by atoms with Crippen LogP contribution in [0.15, 0.2) is 30.4 Å². The zero-order valence-corrected chi connectivity index (χ0v) is 38.9. The summed E-state index contributed by atoms with van der Waals surface area (Å²) in [6.07, 6.45) is 10.0. The van der Waals surface area contributed by atoms with Crippen molar-refractivity contribution < 1.29 is 46.5 Å². The van der Waals surface area contributed by atoms with Gasteiger partial charge in [0.1, 0.15) is 40.3 Å². The van der Waals surface area contributed by atoms with Crippen molar-refractivity contribution in [2.45, 2.75) is 152 Å². The van der Waals surface area contributed by atoms with E-state index in [0.717, 1.165) is 80.0 Å². The number of hydrogen-bond acceptors (Lipinski definition) is 12. The maximum absolute atomic E-state index is 14.9. The van der Waals surface area contributed by atoms with Gasteiger partial charge in [-0.05, 0) is 110 Å².